The van der Waals surface area contributed by atoms with Crippen LogP contribution < -0.4 is 10.6 Å². The van der Waals surface area contributed by atoms with Crippen molar-refractivity contribution in [2.45, 2.75) is 25.7 Å². The normalized spacial score (nSPS) is 14.5. The summed E-state index contributed by atoms with van der Waals surface area (Å²) in [5, 5.41) is 14.3. The molecule has 0 spiro atoms. The molecule has 2 amide bonds. The van der Waals surface area contributed by atoms with E-state index in [2.05, 4.69) is 10.6 Å². The molecule has 0 heterocycles. The average molecular weight is 262 g/mol. The van der Waals surface area contributed by atoms with Crippen LogP contribution in [0.5, 0.6) is 0 Å². The van der Waals surface area contributed by atoms with E-state index in [9.17, 15) is 9.59 Å². The zero-order chi connectivity index (χ0) is 13.7. The number of benzene rings is 1. The van der Waals surface area contributed by atoms with Gasteiger partial charge in [0.05, 0.1) is 5.56 Å². The smallest absolute Gasteiger partial charge is 0.335 e. The molecule has 0 saturated heterocycles. The molecule has 0 atom stereocenters. The molecule has 0 bridgehead atoms. The third kappa shape index (κ3) is 3.98. The summed E-state index contributed by atoms with van der Waals surface area (Å²) in [5.74, 6) is -0.246. The molecule has 1 aromatic rings. The van der Waals surface area contributed by atoms with E-state index in [1.54, 1.807) is 12.1 Å². The zero-order valence-corrected chi connectivity index (χ0v) is 10.7. The molecule has 0 radical (unpaired) electrons. The van der Waals surface area contributed by atoms with Gasteiger partial charge in [0.15, 0.2) is 0 Å². The predicted octanol–water partition coefficient (Wildman–Crippen LogP) is 2.70. The lowest BCUT2D eigenvalue weighted by atomic mass is 9.83. The van der Waals surface area contributed by atoms with Gasteiger partial charge in [-0.15, -0.1) is 0 Å². The Morgan fingerprint density at radius 1 is 1.32 bits per heavy atom. The summed E-state index contributed by atoms with van der Waals surface area (Å²) < 4.78 is 0. The Morgan fingerprint density at radius 2 is 2.11 bits per heavy atom. The minimum atomic E-state index is -1.01. The summed E-state index contributed by atoms with van der Waals surface area (Å²) in [6.45, 7) is 0.662. The molecule has 0 aromatic heterocycles. The largest absolute Gasteiger partial charge is 0.478 e. The molecule has 5 nitrogen and oxygen atoms in total. The Hall–Kier alpha value is -2.04. The lowest BCUT2D eigenvalue weighted by molar-refractivity contribution is 0.0697. The Labute approximate surface area is 112 Å². The monoisotopic (exact) mass is 262 g/mol. The van der Waals surface area contributed by atoms with Crippen LogP contribution >= 0.6 is 0 Å². The molecule has 0 unspecified atom stereocenters. The number of carboxylic acids is 1. The van der Waals surface area contributed by atoms with Crippen molar-refractivity contribution in [3.05, 3.63) is 29.8 Å². The van der Waals surface area contributed by atoms with E-state index >= 15 is 0 Å². The molecule has 19 heavy (non-hydrogen) atoms. The zero-order valence-electron chi connectivity index (χ0n) is 10.7. The minimum Gasteiger partial charge on any atom is -0.478 e. The van der Waals surface area contributed by atoms with Crippen molar-refractivity contribution < 1.29 is 14.7 Å². The van der Waals surface area contributed by atoms with Gasteiger partial charge < -0.3 is 15.7 Å². The number of rotatable bonds is 5. The van der Waals surface area contributed by atoms with Crippen LogP contribution in [0.4, 0.5) is 10.5 Å². The van der Waals surface area contributed by atoms with Crippen molar-refractivity contribution in [3.63, 3.8) is 0 Å². The highest BCUT2D eigenvalue weighted by Gasteiger charge is 2.16. The molecule has 5 heteroatoms. The van der Waals surface area contributed by atoms with Crippen molar-refractivity contribution in [2.75, 3.05) is 11.9 Å². The fraction of sp³-hybridized carbons (Fsp3) is 0.429. The van der Waals surface area contributed by atoms with Gasteiger partial charge in [-0.3, -0.25) is 0 Å². The van der Waals surface area contributed by atoms with Gasteiger partial charge in [0.25, 0.3) is 0 Å². The second-order valence-electron chi connectivity index (χ2n) is 4.85. The standard InChI is InChI=1S/C14H18N2O3/c17-13(18)11-5-2-6-12(9-11)16-14(19)15-8-7-10-3-1-4-10/h2,5-6,9-10H,1,3-4,7-8H2,(H,17,18)(H2,15,16,19). The average Bonchev–Trinajstić information content (AvgIpc) is 2.32. The highest BCUT2D eigenvalue weighted by atomic mass is 16.4. The van der Waals surface area contributed by atoms with Crippen LogP contribution in [0.25, 0.3) is 0 Å². The minimum absolute atomic E-state index is 0.160. The molecular weight excluding hydrogens is 244 g/mol. The summed E-state index contributed by atoms with van der Waals surface area (Å²) in [6, 6.07) is 5.91. The van der Waals surface area contributed by atoms with Crippen LogP contribution in [-0.4, -0.2) is 23.7 Å². The van der Waals surface area contributed by atoms with Gasteiger partial charge >= 0.3 is 12.0 Å². The van der Waals surface area contributed by atoms with Crippen LogP contribution in [-0.2, 0) is 0 Å². The third-order valence-corrected chi connectivity index (χ3v) is 3.43. The Balaban J connectivity index is 1.77. The lowest BCUT2D eigenvalue weighted by Gasteiger charge is -2.25. The van der Waals surface area contributed by atoms with Crippen LogP contribution in [0.15, 0.2) is 24.3 Å². The van der Waals surface area contributed by atoms with Gasteiger partial charge in [-0.1, -0.05) is 25.3 Å². The maximum Gasteiger partial charge on any atom is 0.335 e. The number of nitrogens with one attached hydrogen (secondary N) is 2. The third-order valence-electron chi connectivity index (χ3n) is 3.43. The number of carbonyl (C=O) groups is 2. The van der Waals surface area contributed by atoms with Crippen molar-refractivity contribution in [2.24, 2.45) is 5.92 Å². The summed E-state index contributed by atoms with van der Waals surface area (Å²) in [7, 11) is 0. The van der Waals surface area contributed by atoms with Gasteiger partial charge in [-0.25, -0.2) is 9.59 Å². The molecule has 102 valence electrons. The fourth-order valence-corrected chi connectivity index (χ4v) is 2.08. The van der Waals surface area contributed by atoms with Crippen LogP contribution in [0.3, 0.4) is 0 Å². The number of aromatic carboxylic acids is 1. The summed E-state index contributed by atoms with van der Waals surface area (Å²) >= 11 is 0. The maximum atomic E-state index is 11.6. The lowest BCUT2D eigenvalue weighted by Crippen LogP contribution is -2.31. The second kappa shape index (κ2) is 6.22. The van der Waals surface area contributed by atoms with Crippen LogP contribution in [0.1, 0.15) is 36.0 Å². The number of anilines is 1. The molecule has 1 aromatic carbocycles. The maximum absolute atomic E-state index is 11.6. The molecule has 1 fully saturated rings. The first kappa shape index (κ1) is 13.4. The predicted molar refractivity (Wildman–Crippen MR) is 72.4 cm³/mol. The summed E-state index contributed by atoms with van der Waals surface area (Å²) in [6.07, 6.45) is 4.86. The highest BCUT2D eigenvalue weighted by Crippen LogP contribution is 2.28. The van der Waals surface area contributed by atoms with E-state index in [0.717, 1.165) is 12.3 Å². The summed E-state index contributed by atoms with van der Waals surface area (Å²) in [4.78, 5) is 22.4. The molecule has 1 aliphatic carbocycles. The topological polar surface area (TPSA) is 78.4 Å². The van der Waals surface area contributed by atoms with E-state index in [-0.39, 0.29) is 11.6 Å². The van der Waals surface area contributed by atoms with Gasteiger partial charge in [0.1, 0.15) is 0 Å². The number of urea groups is 1. The number of amides is 2. The van der Waals surface area contributed by atoms with Crippen molar-refractivity contribution >= 4 is 17.7 Å². The first-order chi connectivity index (χ1) is 9.15. The van der Waals surface area contributed by atoms with Crippen molar-refractivity contribution in [1.82, 2.24) is 5.32 Å². The van der Waals surface area contributed by atoms with Crippen molar-refractivity contribution in [3.8, 4) is 0 Å². The summed E-state index contributed by atoms with van der Waals surface area (Å²) in [5.41, 5.74) is 0.647. The molecule has 1 aliphatic rings. The Morgan fingerprint density at radius 3 is 2.74 bits per heavy atom. The van der Waals surface area contributed by atoms with Gasteiger partial charge in [0.2, 0.25) is 0 Å². The fourth-order valence-electron chi connectivity index (χ4n) is 2.08. The number of hydrogen-bond acceptors (Lipinski definition) is 2. The molecule has 3 N–H and O–H groups in total. The van der Waals surface area contributed by atoms with E-state index in [4.69, 9.17) is 5.11 Å². The first-order valence-corrected chi connectivity index (χ1v) is 6.53. The molecule has 2 rings (SSSR count). The van der Waals surface area contributed by atoms with E-state index in [1.807, 2.05) is 0 Å². The second-order valence-corrected chi connectivity index (χ2v) is 4.85. The number of hydrogen-bond donors (Lipinski definition) is 3. The van der Waals surface area contributed by atoms with Crippen molar-refractivity contribution in [1.29, 1.82) is 0 Å². The quantitative estimate of drug-likeness (QED) is 0.763. The van der Waals surface area contributed by atoms with E-state index < -0.39 is 5.97 Å². The number of carboxylic acid groups (broad SMARTS) is 1. The highest BCUT2D eigenvalue weighted by molar-refractivity contribution is 5.93. The Bertz CT molecular complexity index is 470. The van der Waals surface area contributed by atoms with Gasteiger partial charge in [-0.2, -0.15) is 0 Å². The van der Waals surface area contributed by atoms with Gasteiger partial charge in [0, 0.05) is 12.2 Å². The van der Waals surface area contributed by atoms with Crippen LogP contribution in [0, 0.1) is 5.92 Å². The molecule has 0 aliphatic heterocycles. The Kier molecular flexibility index (Phi) is 4.39. The van der Waals surface area contributed by atoms with E-state index in [1.165, 1.54) is 31.4 Å². The van der Waals surface area contributed by atoms with E-state index in [0.29, 0.717) is 12.2 Å². The molecule has 1 saturated carbocycles. The SMILES string of the molecule is O=C(NCCC1CCC1)Nc1cccc(C(=O)O)c1. The number of carbonyl (C=O) groups excluding carboxylic acids is 1. The molecular formula is C14H18N2O3. The van der Waals surface area contributed by atoms with Crippen LogP contribution in [0.2, 0.25) is 0 Å². The van der Waals surface area contributed by atoms with Gasteiger partial charge in [-0.05, 0) is 30.5 Å². The first-order valence-electron chi connectivity index (χ1n) is 6.53.